The molecule has 0 N–H and O–H groups in total. The standard InChI is InChI=1S/C19H26N4O3S2/c1-21(15-7-13-28(25,26)14-15)8-6-18(24)22-9-11-23(12-10-22)19-20-16-4-2-3-5-17(16)27-19/h2-5,15H,6-14H2,1H3. The Morgan fingerprint density at radius 1 is 1.25 bits per heavy atom. The number of carbonyl (C=O) groups excluding carboxylic acids is 1. The van der Waals surface area contributed by atoms with E-state index in [1.165, 1.54) is 4.70 Å². The number of nitrogens with zero attached hydrogens (tertiary/aromatic N) is 4. The molecule has 152 valence electrons. The Balaban J connectivity index is 1.26. The number of hydrogen-bond donors (Lipinski definition) is 0. The van der Waals surface area contributed by atoms with Crippen molar-refractivity contribution in [1.29, 1.82) is 0 Å². The van der Waals surface area contributed by atoms with E-state index in [-0.39, 0.29) is 23.5 Å². The topological polar surface area (TPSA) is 73.8 Å². The Labute approximate surface area is 169 Å². The molecule has 0 radical (unpaired) electrons. The fourth-order valence-corrected chi connectivity index (χ4v) is 6.70. The Morgan fingerprint density at radius 2 is 2.00 bits per heavy atom. The second-order valence-corrected chi connectivity index (χ2v) is 10.9. The molecular weight excluding hydrogens is 396 g/mol. The van der Waals surface area contributed by atoms with Crippen LogP contribution < -0.4 is 4.90 Å². The third-order valence-electron chi connectivity index (χ3n) is 5.70. The summed E-state index contributed by atoms with van der Waals surface area (Å²) < 4.78 is 24.4. The summed E-state index contributed by atoms with van der Waals surface area (Å²) in [4.78, 5) is 23.5. The van der Waals surface area contributed by atoms with E-state index in [0.717, 1.165) is 23.7 Å². The van der Waals surface area contributed by atoms with Crippen molar-refractivity contribution in [3.05, 3.63) is 24.3 Å². The number of anilines is 1. The Bertz CT molecular complexity index is 918. The number of fused-ring (bicyclic) bond motifs is 1. The van der Waals surface area contributed by atoms with Gasteiger partial charge in [-0.25, -0.2) is 13.4 Å². The van der Waals surface area contributed by atoms with Gasteiger partial charge in [0.2, 0.25) is 5.91 Å². The number of aromatic nitrogens is 1. The zero-order valence-electron chi connectivity index (χ0n) is 16.1. The molecular formula is C19H26N4O3S2. The highest BCUT2D eigenvalue weighted by molar-refractivity contribution is 7.91. The average molecular weight is 423 g/mol. The molecule has 0 aliphatic carbocycles. The molecule has 28 heavy (non-hydrogen) atoms. The lowest BCUT2D eigenvalue weighted by molar-refractivity contribution is -0.131. The van der Waals surface area contributed by atoms with Gasteiger partial charge in [-0.2, -0.15) is 0 Å². The molecule has 2 aliphatic rings. The van der Waals surface area contributed by atoms with Crippen LogP contribution in [-0.4, -0.2) is 86.4 Å². The maximum atomic E-state index is 12.6. The molecule has 1 atom stereocenters. The van der Waals surface area contributed by atoms with Crippen LogP contribution >= 0.6 is 11.3 Å². The summed E-state index contributed by atoms with van der Waals surface area (Å²) in [5.41, 5.74) is 1.03. The largest absolute Gasteiger partial charge is 0.345 e. The van der Waals surface area contributed by atoms with Gasteiger partial charge in [-0.05, 0) is 25.6 Å². The van der Waals surface area contributed by atoms with Crippen LogP contribution in [0, 0.1) is 0 Å². The molecule has 2 fully saturated rings. The second-order valence-electron chi connectivity index (χ2n) is 7.62. The number of benzene rings is 1. The lowest BCUT2D eigenvalue weighted by Crippen LogP contribution is -2.49. The lowest BCUT2D eigenvalue weighted by atomic mass is 10.2. The zero-order valence-corrected chi connectivity index (χ0v) is 17.7. The van der Waals surface area contributed by atoms with Crippen molar-refractivity contribution in [2.24, 2.45) is 0 Å². The minimum absolute atomic E-state index is 0.0497. The number of sulfone groups is 1. The monoisotopic (exact) mass is 422 g/mol. The van der Waals surface area contributed by atoms with E-state index in [0.29, 0.717) is 32.5 Å². The molecule has 4 rings (SSSR count). The van der Waals surface area contributed by atoms with Crippen molar-refractivity contribution in [3.63, 3.8) is 0 Å². The summed E-state index contributed by atoms with van der Waals surface area (Å²) in [6, 6.07) is 8.19. The number of carbonyl (C=O) groups is 1. The van der Waals surface area contributed by atoms with E-state index in [1.807, 2.05) is 35.0 Å². The molecule has 2 saturated heterocycles. The van der Waals surface area contributed by atoms with Crippen LogP contribution in [0.3, 0.4) is 0 Å². The molecule has 0 saturated carbocycles. The van der Waals surface area contributed by atoms with E-state index >= 15 is 0 Å². The second kappa shape index (κ2) is 7.96. The third-order valence-corrected chi connectivity index (χ3v) is 8.54. The first-order valence-corrected chi connectivity index (χ1v) is 12.3. The van der Waals surface area contributed by atoms with E-state index in [4.69, 9.17) is 4.98 Å². The molecule has 1 unspecified atom stereocenters. The molecule has 1 aromatic carbocycles. The van der Waals surface area contributed by atoms with Crippen molar-refractivity contribution in [3.8, 4) is 0 Å². The van der Waals surface area contributed by atoms with Crippen LogP contribution in [0.5, 0.6) is 0 Å². The molecule has 1 aromatic heterocycles. The fraction of sp³-hybridized carbons (Fsp3) is 0.579. The van der Waals surface area contributed by atoms with Gasteiger partial charge in [-0.15, -0.1) is 0 Å². The first-order chi connectivity index (χ1) is 13.4. The van der Waals surface area contributed by atoms with E-state index < -0.39 is 9.84 Å². The summed E-state index contributed by atoms with van der Waals surface area (Å²) in [7, 11) is -0.969. The van der Waals surface area contributed by atoms with Crippen molar-refractivity contribution in [2.75, 3.05) is 56.2 Å². The van der Waals surface area contributed by atoms with Crippen molar-refractivity contribution >= 4 is 42.4 Å². The van der Waals surface area contributed by atoms with Gasteiger partial charge in [0.25, 0.3) is 0 Å². The summed E-state index contributed by atoms with van der Waals surface area (Å²) >= 11 is 1.70. The first kappa shape index (κ1) is 19.6. The predicted octanol–water partition coefficient (Wildman–Crippen LogP) is 1.45. The minimum Gasteiger partial charge on any atom is -0.345 e. The number of piperazine rings is 1. The highest BCUT2D eigenvalue weighted by atomic mass is 32.2. The van der Waals surface area contributed by atoms with Gasteiger partial charge in [-0.1, -0.05) is 23.5 Å². The van der Waals surface area contributed by atoms with Gasteiger partial charge < -0.3 is 14.7 Å². The highest BCUT2D eigenvalue weighted by Crippen LogP contribution is 2.29. The highest BCUT2D eigenvalue weighted by Gasteiger charge is 2.31. The zero-order chi connectivity index (χ0) is 19.7. The van der Waals surface area contributed by atoms with E-state index in [1.54, 1.807) is 11.3 Å². The van der Waals surface area contributed by atoms with Gasteiger partial charge in [0, 0.05) is 45.2 Å². The number of hydrogen-bond acceptors (Lipinski definition) is 7. The summed E-state index contributed by atoms with van der Waals surface area (Å²) in [6.45, 7) is 3.61. The maximum Gasteiger partial charge on any atom is 0.223 e. The Morgan fingerprint density at radius 3 is 2.68 bits per heavy atom. The van der Waals surface area contributed by atoms with Crippen LogP contribution in [0.4, 0.5) is 5.13 Å². The molecule has 0 spiro atoms. The number of rotatable bonds is 5. The summed E-state index contributed by atoms with van der Waals surface area (Å²) in [5, 5.41) is 1.02. The van der Waals surface area contributed by atoms with Gasteiger partial charge in [0.15, 0.2) is 15.0 Å². The molecule has 3 heterocycles. The molecule has 9 heteroatoms. The van der Waals surface area contributed by atoms with Gasteiger partial charge in [0.1, 0.15) is 0 Å². The van der Waals surface area contributed by atoms with Gasteiger partial charge in [-0.3, -0.25) is 4.79 Å². The summed E-state index contributed by atoms with van der Waals surface area (Å²) in [5.74, 6) is 0.638. The van der Waals surface area contributed by atoms with E-state index in [9.17, 15) is 13.2 Å². The molecule has 2 aromatic rings. The maximum absolute atomic E-state index is 12.6. The van der Waals surface area contributed by atoms with Crippen LogP contribution in [0.1, 0.15) is 12.8 Å². The number of para-hydroxylation sites is 1. The number of amides is 1. The molecule has 1 amide bonds. The van der Waals surface area contributed by atoms with Crippen LogP contribution in [0.2, 0.25) is 0 Å². The van der Waals surface area contributed by atoms with Gasteiger partial charge >= 0.3 is 0 Å². The van der Waals surface area contributed by atoms with Crippen LogP contribution in [0.25, 0.3) is 10.2 Å². The quantitative estimate of drug-likeness (QED) is 0.726. The Kier molecular flexibility index (Phi) is 5.57. The normalized spacial score (nSPS) is 22.3. The third kappa shape index (κ3) is 4.31. The molecule has 2 aliphatic heterocycles. The lowest BCUT2D eigenvalue weighted by Gasteiger charge is -2.35. The van der Waals surface area contributed by atoms with Crippen LogP contribution in [0.15, 0.2) is 24.3 Å². The van der Waals surface area contributed by atoms with Crippen molar-refractivity contribution in [1.82, 2.24) is 14.8 Å². The van der Waals surface area contributed by atoms with Crippen molar-refractivity contribution in [2.45, 2.75) is 18.9 Å². The fourth-order valence-electron chi connectivity index (χ4n) is 3.88. The van der Waals surface area contributed by atoms with Crippen molar-refractivity contribution < 1.29 is 13.2 Å². The first-order valence-electron chi connectivity index (χ1n) is 9.70. The Hall–Kier alpha value is -1.71. The van der Waals surface area contributed by atoms with Crippen LogP contribution in [-0.2, 0) is 14.6 Å². The van der Waals surface area contributed by atoms with Gasteiger partial charge in [0.05, 0.1) is 21.7 Å². The smallest absolute Gasteiger partial charge is 0.223 e. The minimum atomic E-state index is -2.89. The molecule has 0 bridgehead atoms. The predicted molar refractivity (Wildman–Crippen MR) is 113 cm³/mol. The average Bonchev–Trinajstić information content (AvgIpc) is 3.29. The summed E-state index contributed by atoms with van der Waals surface area (Å²) in [6.07, 6.45) is 1.11. The SMILES string of the molecule is CN(CCC(=O)N1CCN(c2nc3ccccc3s2)CC1)C1CCS(=O)(=O)C1. The van der Waals surface area contributed by atoms with E-state index in [2.05, 4.69) is 11.0 Å². The number of thiazole rings is 1. The molecule has 7 nitrogen and oxygen atoms in total.